The summed E-state index contributed by atoms with van der Waals surface area (Å²) in [7, 11) is -4.41. The van der Waals surface area contributed by atoms with Gasteiger partial charge in [-0.25, -0.2) is 17.6 Å². The lowest BCUT2D eigenvalue weighted by atomic mass is 9.68. The van der Waals surface area contributed by atoms with E-state index in [1.54, 1.807) is 4.68 Å². The minimum Gasteiger partial charge on any atom is -0.421 e. The van der Waals surface area contributed by atoms with E-state index in [9.17, 15) is 27.6 Å². The largest absolute Gasteiger partial charge is 0.421 e. The third-order valence-electron chi connectivity index (χ3n) is 6.11. The molecule has 12 heteroatoms. The number of fused-ring (bicyclic) bond motifs is 2. The molecule has 0 spiro atoms. The van der Waals surface area contributed by atoms with Crippen LogP contribution in [0.1, 0.15) is 32.7 Å². The molecule has 0 bridgehead atoms. The first-order valence-electron chi connectivity index (χ1n) is 9.99. The molecule has 2 aromatic heterocycles. The highest BCUT2D eigenvalue weighted by atomic mass is 35.5. The Morgan fingerprint density at radius 2 is 1.94 bits per heavy atom. The van der Waals surface area contributed by atoms with Crippen molar-refractivity contribution in [3.63, 3.8) is 0 Å². The van der Waals surface area contributed by atoms with Crippen molar-refractivity contribution in [1.82, 2.24) is 19.5 Å². The van der Waals surface area contributed by atoms with E-state index in [1.807, 2.05) is 0 Å². The summed E-state index contributed by atoms with van der Waals surface area (Å²) in [5.74, 6) is -0.764. The molecule has 9 nitrogen and oxygen atoms in total. The zero-order chi connectivity index (χ0) is 23.9. The van der Waals surface area contributed by atoms with E-state index in [0.717, 1.165) is 31.0 Å². The van der Waals surface area contributed by atoms with Gasteiger partial charge in [-0.2, -0.15) is 5.10 Å². The molecule has 0 aliphatic heterocycles. The van der Waals surface area contributed by atoms with Crippen molar-refractivity contribution < 1.29 is 18.0 Å². The van der Waals surface area contributed by atoms with Crippen LogP contribution in [-0.2, 0) is 9.84 Å². The van der Waals surface area contributed by atoms with E-state index in [2.05, 4.69) is 23.9 Å². The lowest BCUT2D eigenvalue weighted by Gasteiger charge is -2.42. The first-order chi connectivity index (χ1) is 15.4. The minimum atomic E-state index is -4.41. The highest BCUT2D eigenvalue weighted by Gasteiger charge is 2.38. The van der Waals surface area contributed by atoms with Crippen molar-refractivity contribution in [2.24, 2.45) is 5.41 Å². The Balaban J connectivity index is 1.74. The van der Waals surface area contributed by atoms with Crippen LogP contribution in [0.3, 0.4) is 0 Å². The molecule has 2 heterocycles. The van der Waals surface area contributed by atoms with Crippen LogP contribution in [-0.4, -0.2) is 33.1 Å². The second kappa shape index (κ2) is 6.91. The molecule has 1 aliphatic rings. The van der Waals surface area contributed by atoms with E-state index in [4.69, 9.17) is 11.6 Å². The highest BCUT2D eigenvalue weighted by molar-refractivity contribution is 7.91. The molecule has 4 aromatic rings. The summed E-state index contributed by atoms with van der Waals surface area (Å²) in [4.78, 5) is 25.6. The smallest absolute Gasteiger partial charge is 0.362 e. The zero-order valence-corrected chi connectivity index (χ0v) is 19.0. The van der Waals surface area contributed by atoms with E-state index < -0.39 is 31.8 Å². The number of nitrogens with zero attached hydrogens (tertiary/aromatic N) is 3. The van der Waals surface area contributed by atoms with Crippen molar-refractivity contribution >= 4 is 43.2 Å². The van der Waals surface area contributed by atoms with Gasteiger partial charge in [0.1, 0.15) is 5.82 Å². The van der Waals surface area contributed by atoms with Gasteiger partial charge < -0.3 is 10.2 Å². The maximum Gasteiger partial charge on any atom is 0.362 e. The van der Waals surface area contributed by atoms with Gasteiger partial charge in [0.25, 0.3) is 5.56 Å². The monoisotopic (exact) mass is 492 g/mol. The number of hydrogen-bond acceptors (Lipinski definition) is 6. The molecule has 0 amide bonds. The molecular weight excluding hydrogens is 475 g/mol. The number of H-pyrrole nitrogens is 1. The number of hydrogen-bond donors (Lipinski definition) is 2. The first-order valence-corrected chi connectivity index (χ1v) is 11.9. The molecule has 5 rings (SSSR count). The molecule has 2 aromatic carbocycles. The summed E-state index contributed by atoms with van der Waals surface area (Å²) >= 11 is 6.03. The van der Waals surface area contributed by atoms with Crippen LogP contribution in [0.5, 0.6) is 0 Å². The zero-order valence-electron chi connectivity index (χ0n) is 17.5. The number of aromatic nitrogens is 4. The van der Waals surface area contributed by atoms with Crippen LogP contribution in [0, 0.1) is 11.2 Å². The molecule has 1 aliphatic carbocycles. The normalized spacial score (nSPS) is 16.4. The average Bonchev–Trinajstić information content (AvgIpc) is 3.14. The summed E-state index contributed by atoms with van der Waals surface area (Å²) in [6, 6.07) is 4.50. The van der Waals surface area contributed by atoms with Gasteiger partial charge in [-0.3, -0.25) is 9.48 Å². The van der Waals surface area contributed by atoms with Gasteiger partial charge in [0.2, 0.25) is 9.84 Å². The highest BCUT2D eigenvalue weighted by Crippen LogP contribution is 2.48. The standard InChI is InChI=1S/C21H18ClFN4O5S/c1-21(2)7-10(8-21)26-15-6-11(5-14(23)12(15)9-24-26)33(31,32)16-4-3-13(22)17-18(16)25-20(29)27(30)19(17)28/h3-6,9-10,30H,7-8H2,1-2H3,(H,25,29). The lowest BCUT2D eigenvalue weighted by Crippen LogP contribution is -2.34. The number of nitrogens with one attached hydrogen (secondary N) is 1. The first kappa shape index (κ1) is 21.7. The Morgan fingerprint density at radius 3 is 2.61 bits per heavy atom. The van der Waals surface area contributed by atoms with E-state index in [0.29, 0.717) is 5.52 Å². The summed E-state index contributed by atoms with van der Waals surface area (Å²) in [6.07, 6.45) is 3.00. The van der Waals surface area contributed by atoms with Crippen molar-refractivity contribution in [3.8, 4) is 0 Å². The second-order valence-electron chi connectivity index (χ2n) is 9.00. The third-order valence-corrected chi connectivity index (χ3v) is 8.20. The van der Waals surface area contributed by atoms with E-state index in [1.165, 1.54) is 12.3 Å². The van der Waals surface area contributed by atoms with Gasteiger partial charge in [0, 0.05) is 0 Å². The Bertz CT molecular complexity index is 1700. The molecule has 0 unspecified atom stereocenters. The maximum atomic E-state index is 14.9. The van der Waals surface area contributed by atoms with E-state index in [-0.39, 0.29) is 42.4 Å². The SMILES string of the molecule is CC1(C)CC(n2ncc3c(F)cc(S(=O)(=O)c4ccc(Cl)c5c(=O)n(O)c(=O)[nH]c45)cc32)C1. The predicted octanol–water partition coefficient (Wildman–Crippen LogP) is 3.26. The van der Waals surface area contributed by atoms with Crippen molar-refractivity contribution in [2.45, 2.75) is 42.5 Å². The number of rotatable bonds is 3. The maximum absolute atomic E-state index is 14.9. The van der Waals surface area contributed by atoms with Crippen LogP contribution in [0.4, 0.5) is 4.39 Å². The fourth-order valence-electron chi connectivity index (χ4n) is 4.51. The minimum absolute atomic E-state index is 0.0191. The van der Waals surface area contributed by atoms with Crippen LogP contribution in [0.2, 0.25) is 5.02 Å². The van der Waals surface area contributed by atoms with Gasteiger partial charge in [-0.05, 0) is 42.5 Å². The Labute approximate surface area is 190 Å². The van der Waals surface area contributed by atoms with Crippen LogP contribution in [0.25, 0.3) is 21.8 Å². The Morgan fingerprint density at radius 1 is 1.24 bits per heavy atom. The fraction of sp³-hybridized carbons (Fsp3) is 0.286. The summed E-state index contributed by atoms with van der Waals surface area (Å²) in [6.45, 7) is 4.22. The Kier molecular flexibility index (Phi) is 4.53. The molecule has 1 fully saturated rings. The van der Waals surface area contributed by atoms with Gasteiger partial charge in [0.15, 0.2) is 0 Å². The number of aromatic amines is 1. The summed E-state index contributed by atoms with van der Waals surface area (Å²) in [5, 5.41) is 13.5. The molecule has 172 valence electrons. The van der Waals surface area contributed by atoms with Crippen LogP contribution < -0.4 is 11.2 Å². The van der Waals surface area contributed by atoms with Crippen LogP contribution in [0.15, 0.2) is 49.8 Å². The number of sulfone groups is 1. The van der Waals surface area contributed by atoms with Gasteiger partial charge in [-0.15, -0.1) is 0 Å². The van der Waals surface area contributed by atoms with Gasteiger partial charge in [-0.1, -0.05) is 30.2 Å². The molecule has 33 heavy (non-hydrogen) atoms. The summed E-state index contributed by atoms with van der Waals surface area (Å²) in [5.41, 5.74) is -2.34. The molecule has 0 radical (unpaired) electrons. The topological polar surface area (TPSA) is 127 Å². The van der Waals surface area contributed by atoms with Gasteiger partial charge >= 0.3 is 5.69 Å². The van der Waals surface area contributed by atoms with E-state index >= 15 is 0 Å². The number of halogens is 2. The van der Waals surface area contributed by atoms with Crippen molar-refractivity contribution in [1.29, 1.82) is 0 Å². The molecule has 1 saturated carbocycles. The average molecular weight is 493 g/mol. The molecule has 2 N–H and O–H groups in total. The van der Waals surface area contributed by atoms with Gasteiger partial charge in [0.05, 0.1) is 48.9 Å². The van der Waals surface area contributed by atoms with Crippen molar-refractivity contribution in [2.75, 3.05) is 0 Å². The third kappa shape index (κ3) is 3.17. The fourth-order valence-corrected chi connectivity index (χ4v) is 6.20. The summed E-state index contributed by atoms with van der Waals surface area (Å²) < 4.78 is 43.4. The van der Waals surface area contributed by atoms with Crippen molar-refractivity contribution in [3.05, 3.63) is 62.1 Å². The predicted molar refractivity (Wildman–Crippen MR) is 118 cm³/mol. The molecule has 0 saturated heterocycles. The number of benzene rings is 2. The second-order valence-corrected chi connectivity index (χ2v) is 11.3. The molecule has 0 atom stereocenters. The molecular formula is C21H18ClFN4O5S. The Hall–Kier alpha value is -3.18. The quantitative estimate of drug-likeness (QED) is 0.422. The lowest BCUT2D eigenvalue weighted by molar-refractivity contribution is 0.0981. The van der Waals surface area contributed by atoms with Crippen LogP contribution >= 0.6 is 11.6 Å².